The van der Waals surface area contributed by atoms with Crippen LogP contribution >= 0.6 is 0 Å². The maximum absolute atomic E-state index is 12.9. The van der Waals surface area contributed by atoms with E-state index >= 15 is 0 Å². The van der Waals surface area contributed by atoms with Crippen molar-refractivity contribution in [3.8, 4) is 5.75 Å². The van der Waals surface area contributed by atoms with E-state index in [-0.39, 0.29) is 24.5 Å². The minimum atomic E-state index is -1.39. The number of alkyl carbamates (subject to hydrolysis) is 1. The Balaban J connectivity index is 1.51. The molecular weight excluding hydrogens is 490 g/mol. The largest absolute Gasteiger partial charge is 0.508 e. The van der Waals surface area contributed by atoms with Crippen molar-refractivity contribution in [1.29, 1.82) is 0 Å². The molecule has 0 saturated heterocycles. The molecule has 5 N–H and O–H groups in total. The summed E-state index contributed by atoms with van der Waals surface area (Å²) >= 11 is 0. The Morgan fingerprint density at radius 3 is 2.32 bits per heavy atom. The van der Waals surface area contributed by atoms with E-state index in [1.54, 1.807) is 44.2 Å². The molecule has 0 aliphatic heterocycles. The molecule has 0 bridgehead atoms. The van der Waals surface area contributed by atoms with E-state index in [9.17, 15) is 24.6 Å². The molecule has 0 saturated carbocycles. The summed E-state index contributed by atoms with van der Waals surface area (Å²) in [5, 5.41) is 27.0. The number of aryl methyl sites for hydroxylation is 3. The number of amides is 2. The van der Waals surface area contributed by atoms with Gasteiger partial charge in [0.05, 0.1) is 23.5 Å². The number of phenolic OH excluding ortho intramolecular Hbond substituents is 1. The molecule has 1 aromatic heterocycles. The van der Waals surface area contributed by atoms with E-state index in [2.05, 4.69) is 25.9 Å². The quantitative estimate of drug-likeness (QED) is 0.226. The second-order valence-electron chi connectivity index (χ2n) is 8.60. The average molecular weight is 522 g/mol. The maximum Gasteiger partial charge on any atom is 0.407 e. The van der Waals surface area contributed by atoms with Crippen LogP contribution in [0.1, 0.15) is 39.3 Å². The summed E-state index contributed by atoms with van der Waals surface area (Å²) in [4.78, 5) is 45.2. The summed E-state index contributed by atoms with van der Waals surface area (Å²) in [6.07, 6.45) is 0.725. The molecule has 0 aliphatic carbocycles. The molecule has 0 unspecified atom stereocenters. The number of phenols is 1. The number of nitrogens with one attached hydrogen (secondary N) is 3. The second kappa shape index (κ2) is 13.6. The smallest absolute Gasteiger partial charge is 0.407 e. The minimum absolute atomic E-state index is 0.0305. The molecule has 1 atom stereocenters. The summed E-state index contributed by atoms with van der Waals surface area (Å²) in [6, 6.07) is 14.7. The predicted molar refractivity (Wildman–Crippen MR) is 140 cm³/mol. The molecule has 11 nitrogen and oxygen atoms in total. The fraction of sp³-hybridized carbons (Fsp3) is 0.296. The lowest BCUT2D eigenvalue weighted by Gasteiger charge is -2.17. The van der Waals surface area contributed by atoms with Crippen LogP contribution < -0.4 is 16.0 Å². The number of ether oxygens (including phenoxy) is 1. The number of hydrogen-bond donors (Lipinski definition) is 5. The van der Waals surface area contributed by atoms with Gasteiger partial charge in [-0.25, -0.2) is 19.6 Å². The fourth-order valence-electron chi connectivity index (χ4n) is 3.72. The van der Waals surface area contributed by atoms with Gasteiger partial charge in [0.2, 0.25) is 5.95 Å². The molecule has 0 radical (unpaired) electrons. The molecule has 0 aliphatic rings. The lowest BCUT2D eigenvalue weighted by molar-refractivity contribution is -0.139. The van der Waals surface area contributed by atoms with Crippen molar-refractivity contribution in [2.75, 3.05) is 18.4 Å². The molecule has 3 aromatic rings. The topological polar surface area (TPSA) is 163 Å². The molecule has 0 fully saturated rings. The first-order chi connectivity index (χ1) is 18.2. The van der Waals surface area contributed by atoms with Crippen LogP contribution in [0.15, 0.2) is 54.6 Å². The zero-order valence-electron chi connectivity index (χ0n) is 21.2. The van der Waals surface area contributed by atoms with Crippen LogP contribution in [0.5, 0.6) is 5.75 Å². The monoisotopic (exact) mass is 521 g/mol. The van der Waals surface area contributed by atoms with Crippen molar-refractivity contribution >= 4 is 23.9 Å². The molecule has 11 heteroatoms. The van der Waals surface area contributed by atoms with Crippen molar-refractivity contribution in [2.24, 2.45) is 0 Å². The number of hydrogen-bond acceptors (Lipinski definition) is 8. The molecule has 3 rings (SSSR count). The number of aromatic nitrogens is 2. The van der Waals surface area contributed by atoms with Gasteiger partial charge in [0.15, 0.2) is 0 Å². The number of aromatic hydroxyl groups is 1. The van der Waals surface area contributed by atoms with Crippen molar-refractivity contribution < 1.29 is 29.3 Å². The molecule has 200 valence electrons. The van der Waals surface area contributed by atoms with Crippen molar-refractivity contribution in [3.05, 3.63) is 82.7 Å². The van der Waals surface area contributed by atoms with Crippen molar-refractivity contribution in [2.45, 2.75) is 39.3 Å². The van der Waals surface area contributed by atoms with E-state index in [0.717, 1.165) is 24.0 Å². The van der Waals surface area contributed by atoms with Crippen molar-refractivity contribution in [1.82, 2.24) is 20.6 Å². The summed E-state index contributed by atoms with van der Waals surface area (Å²) in [5.74, 6) is -1.40. The van der Waals surface area contributed by atoms with Crippen LogP contribution in [-0.4, -0.2) is 57.3 Å². The van der Waals surface area contributed by atoms with Gasteiger partial charge >= 0.3 is 12.1 Å². The Bertz CT molecular complexity index is 1240. The second-order valence-corrected chi connectivity index (χ2v) is 8.60. The number of carbonyl (C=O) groups is 3. The molecule has 38 heavy (non-hydrogen) atoms. The van der Waals surface area contributed by atoms with E-state index < -0.39 is 24.0 Å². The number of rotatable bonds is 12. The Morgan fingerprint density at radius 1 is 0.974 bits per heavy atom. The molecule has 2 aromatic carbocycles. The highest BCUT2D eigenvalue weighted by Crippen LogP contribution is 2.15. The van der Waals surface area contributed by atoms with Gasteiger partial charge in [0, 0.05) is 6.54 Å². The minimum Gasteiger partial charge on any atom is -0.508 e. The van der Waals surface area contributed by atoms with Gasteiger partial charge in [-0.3, -0.25) is 4.79 Å². The lowest BCUT2D eigenvalue weighted by atomic mass is 10.1. The first-order valence-corrected chi connectivity index (χ1v) is 12.1. The standard InChI is InChI=1S/C27H31N5O6/c1-17-23(18(2)31-26(30-17)28-13-7-11-19-10-6-12-21(33)14-19)24(34)32-22(25(35)36)15-29-27(37)38-16-20-8-4-3-5-9-20/h3-6,8-10,12,14,22,33H,7,11,13,15-16H2,1-2H3,(H,29,37)(H,32,34)(H,35,36)(H,28,30,31)/t22-/m0/s1. The van der Waals surface area contributed by atoms with Crippen LogP contribution in [0.3, 0.4) is 0 Å². The van der Waals surface area contributed by atoms with Gasteiger partial charge < -0.3 is 30.9 Å². The maximum atomic E-state index is 12.9. The number of carboxylic acid groups (broad SMARTS) is 1. The Hall–Kier alpha value is -4.67. The van der Waals surface area contributed by atoms with Crippen LogP contribution in [0.25, 0.3) is 0 Å². The van der Waals surface area contributed by atoms with Crippen LogP contribution in [0, 0.1) is 13.8 Å². The molecule has 2 amide bonds. The molecule has 0 spiro atoms. The average Bonchev–Trinajstić information content (AvgIpc) is 2.88. The summed E-state index contributed by atoms with van der Waals surface area (Å²) in [6.45, 7) is 3.51. The highest BCUT2D eigenvalue weighted by atomic mass is 16.5. The number of carbonyl (C=O) groups excluding carboxylic acids is 2. The van der Waals surface area contributed by atoms with E-state index in [0.29, 0.717) is 23.9 Å². The van der Waals surface area contributed by atoms with Crippen molar-refractivity contribution in [3.63, 3.8) is 0 Å². The Labute approximate surface area is 220 Å². The normalized spacial score (nSPS) is 11.3. The van der Waals surface area contributed by atoms with Gasteiger partial charge in [-0.15, -0.1) is 0 Å². The molecular formula is C27H31N5O6. The summed E-state index contributed by atoms with van der Waals surface area (Å²) < 4.78 is 5.08. The predicted octanol–water partition coefficient (Wildman–Crippen LogP) is 2.95. The van der Waals surface area contributed by atoms with Crippen LogP contribution in [0.4, 0.5) is 10.7 Å². The number of carboxylic acids is 1. The first kappa shape index (κ1) is 27.9. The zero-order chi connectivity index (χ0) is 27.5. The van der Waals surface area contributed by atoms with Gasteiger partial charge in [-0.05, 0) is 49.9 Å². The van der Waals surface area contributed by atoms with E-state index in [1.165, 1.54) is 0 Å². The van der Waals surface area contributed by atoms with Crippen LogP contribution in [-0.2, 0) is 22.6 Å². The van der Waals surface area contributed by atoms with Gasteiger partial charge in [-0.2, -0.15) is 0 Å². The third-order valence-corrected chi connectivity index (χ3v) is 5.60. The van der Waals surface area contributed by atoms with Gasteiger partial charge in [0.25, 0.3) is 5.91 Å². The van der Waals surface area contributed by atoms with Gasteiger partial charge in [-0.1, -0.05) is 42.5 Å². The lowest BCUT2D eigenvalue weighted by Crippen LogP contribution is -2.48. The number of benzene rings is 2. The first-order valence-electron chi connectivity index (χ1n) is 12.1. The SMILES string of the molecule is Cc1nc(NCCCc2cccc(O)c2)nc(C)c1C(=O)N[C@@H](CNC(=O)OCc1ccccc1)C(=O)O. The Morgan fingerprint density at radius 2 is 1.66 bits per heavy atom. The third kappa shape index (κ3) is 8.47. The van der Waals surface area contributed by atoms with Gasteiger partial charge in [0.1, 0.15) is 18.4 Å². The zero-order valence-corrected chi connectivity index (χ0v) is 21.2. The van der Waals surface area contributed by atoms with E-state index in [1.807, 2.05) is 24.3 Å². The number of nitrogens with zero attached hydrogens (tertiary/aromatic N) is 2. The number of anilines is 1. The number of aliphatic carboxylic acids is 1. The highest BCUT2D eigenvalue weighted by molar-refractivity contribution is 5.98. The summed E-state index contributed by atoms with van der Waals surface area (Å²) in [7, 11) is 0. The van der Waals surface area contributed by atoms with Crippen LogP contribution in [0.2, 0.25) is 0 Å². The molecule has 1 heterocycles. The summed E-state index contributed by atoms with van der Waals surface area (Å²) in [5.41, 5.74) is 2.72. The third-order valence-electron chi connectivity index (χ3n) is 5.60. The van der Waals surface area contributed by atoms with E-state index in [4.69, 9.17) is 4.74 Å². The highest BCUT2D eigenvalue weighted by Gasteiger charge is 2.24. The fourth-order valence-corrected chi connectivity index (χ4v) is 3.72. The Kier molecular flexibility index (Phi) is 9.98.